The molecule has 4 heteroatoms. The Bertz CT molecular complexity index is 498. The molecule has 3 atom stereocenters. The second kappa shape index (κ2) is 6.74. The second-order valence-electron chi connectivity index (χ2n) is 6.19. The number of rotatable bonds is 5. The Labute approximate surface area is 125 Å². The number of hydrogen-bond donors (Lipinski definition) is 1. The van der Waals surface area contributed by atoms with Crippen molar-refractivity contribution in [2.24, 2.45) is 11.8 Å². The maximum absolute atomic E-state index is 12.3. The van der Waals surface area contributed by atoms with Gasteiger partial charge in [0.1, 0.15) is 6.10 Å². The molecule has 0 aliphatic carbocycles. The third kappa shape index (κ3) is 4.06. The molecule has 1 aliphatic heterocycles. The third-order valence-corrected chi connectivity index (χ3v) is 3.78. The number of cyclic esters (lactones) is 1. The first-order chi connectivity index (χ1) is 9.97. The van der Waals surface area contributed by atoms with Crippen LogP contribution < -0.4 is 5.32 Å². The molecule has 1 aliphatic rings. The predicted octanol–water partition coefficient (Wildman–Crippen LogP) is 2.78. The molecule has 1 amide bonds. The zero-order valence-corrected chi connectivity index (χ0v) is 12.8. The van der Waals surface area contributed by atoms with Gasteiger partial charge in [-0.05, 0) is 30.9 Å². The summed E-state index contributed by atoms with van der Waals surface area (Å²) in [6, 6.07) is 8.99. The smallest absolute Gasteiger partial charge is 0.309 e. The third-order valence-electron chi connectivity index (χ3n) is 3.78. The topological polar surface area (TPSA) is 55.4 Å². The Morgan fingerprint density at radius 3 is 2.52 bits per heavy atom. The Balaban J connectivity index is 2.06. The molecule has 1 heterocycles. The van der Waals surface area contributed by atoms with Gasteiger partial charge in [0.25, 0.3) is 5.91 Å². The lowest BCUT2D eigenvalue weighted by molar-refractivity contribution is -0.144. The highest BCUT2D eigenvalue weighted by atomic mass is 16.6. The van der Waals surface area contributed by atoms with Crippen LogP contribution in [0.3, 0.4) is 0 Å². The minimum atomic E-state index is -0.220. The summed E-state index contributed by atoms with van der Waals surface area (Å²) in [4.78, 5) is 23.9. The number of ether oxygens (including phenoxy) is 1. The molecule has 1 aromatic rings. The number of carbonyl (C=O) groups excluding carboxylic acids is 2. The number of amides is 1. The standard InChI is InChI=1S/C17H23NO3/c1-11(2)9-14(15-10-12(3)17(20)21-15)18-16(19)13-7-5-4-6-8-13/h4-8,11-12,14-15H,9-10H2,1-3H3,(H,18,19)/t12-,14+,15-/m1/s1. The van der Waals surface area contributed by atoms with Crippen LogP contribution >= 0.6 is 0 Å². The van der Waals surface area contributed by atoms with Crippen LogP contribution in [0.25, 0.3) is 0 Å². The summed E-state index contributed by atoms with van der Waals surface area (Å²) in [5.74, 6) is 0.0542. The Kier molecular flexibility index (Phi) is 4.99. The molecule has 0 unspecified atom stereocenters. The van der Waals surface area contributed by atoms with Gasteiger partial charge < -0.3 is 10.1 Å². The van der Waals surface area contributed by atoms with Crippen LogP contribution in [0.1, 0.15) is 44.0 Å². The molecule has 2 rings (SSSR count). The first kappa shape index (κ1) is 15.5. The average Bonchev–Trinajstić information content (AvgIpc) is 2.78. The molecular weight excluding hydrogens is 266 g/mol. The van der Waals surface area contributed by atoms with Crippen molar-refractivity contribution in [2.75, 3.05) is 0 Å². The molecule has 0 bridgehead atoms. The van der Waals surface area contributed by atoms with Gasteiger partial charge in [0.2, 0.25) is 0 Å². The summed E-state index contributed by atoms with van der Waals surface area (Å²) in [7, 11) is 0. The van der Waals surface area contributed by atoms with Crippen LogP contribution in [-0.4, -0.2) is 24.0 Å². The molecule has 0 saturated carbocycles. The minimum absolute atomic E-state index is 0.0849. The fourth-order valence-corrected chi connectivity index (χ4v) is 2.66. The Hall–Kier alpha value is -1.84. The first-order valence-electron chi connectivity index (χ1n) is 7.53. The maximum atomic E-state index is 12.3. The van der Waals surface area contributed by atoms with E-state index in [2.05, 4.69) is 19.2 Å². The average molecular weight is 289 g/mol. The van der Waals surface area contributed by atoms with Crippen LogP contribution in [0.2, 0.25) is 0 Å². The largest absolute Gasteiger partial charge is 0.460 e. The van der Waals surface area contributed by atoms with Gasteiger partial charge >= 0.3 is 5.97 Å². The molecule has 0 aromatic heterocycles. The van der Waals surface area contributed by atoms with Crippen molar-refractivity contribution in [3.63, 3.8) is 0 Å². The zero-order chi connectivity index (χ0) is 15.4. The van der Waals surface area contributed by atoms with Crippen molar-refractivity contribution >= 4 is 11.9 Å². The molecule has 4 nitrogen and oxygen atoms in total. The Morgan fingerprint density at radius 1 is 1.33 bits per heavy atom. The fraction of sp³-hybridized carbons (Fsp3) is 0.529. The highest BCUT2D eigenvalue weighted by Gasteiger charge is 2.37. The first-order valence-corrected chi connectivity index (χ1v) is 7.53. The van der Waals surface area contributed by atoms with Gasteiger partial charge in [-0.2, -0.15) is 0 Å². The van der Waals surface area contributed by atoms with Crippen LogP contribution in [0.15, 0.2) is 30.3 Å². The number of hydrogen-bond acceptors (Lipinski definition) is 3. The van der Waals surface area contributed by atoms with E-state index in [1.54, 1.807) is 12.1 Å². The van der Waals surface area contributed by atoms with Crippen molar-refractivity contribution in [3.8, 4) is 0 Å². The molecular formula is C17H23NO3. The van der Waals surface area contributed by atoms with Gasteiger partial charge in [0, 0.05) is 5.56 Å². The van der Waals surface area contributed by atoms with Gasteiger partial charge in [-0.25, -0.2) is 0 Å². The molecule has 21 heavy (non-hydrogen) atoms. The monoisotopic (exact) mass is 289 g/mol. The SMILES string of the molecule is CC(C)C[C@H](NC(=O)c1ccccc1)[C@H]1C[C@@H](C)C(=O)O1. The lowest BCUT2D eigenvalue weighted by Crippen LogP contribution is -2.44. The van der Waals surface area contributed by atoms with E-state index in [0.29, 0.717) is 17.9 Å². The number of carbonyl (C=O) groups is 2. The van der Waals surface area contributed by atoms with E-state index in [1.165, 1.54) is 0 Å². The summed E-state index contributed by atoms with van der Waals surface area (Å²) in [6.45, 7) is 6.07. The van der Waals surface area contributed by atoms with Crippen molar-refractivity contribution in [3.05, 3.63) is 35.9 Å². The van der Waals surface area contributed by atoms with Crippen molar-refractivity contribution in [1.29, 1.82) is 0 Å². The molecule has 0 spiro atoms. The highest BCUT2D eigenvalue weighted by molar-refractivity contribution is 5.94. The molecule has 1 saturated heterocycles. The lowest BCUT2D eigenvalue weighted by Gasteiger charge is -2.25. The highest BCUT2D eigenvalue weighted by Crippen LogP contribution is 2.26. The Morgan fingerprint density at radius 2 is 2.00 bits per heavy atom. The van der Waals surface area contributed by atoms with Crippen molar-refractivity contribution in [2.45, 2.75) is 45.8 Å². The van der Waals surface area contributed by atoms with Gasteiger partial charge in [-0.15, -0.1) is 0 Å². The van der Waals surface area contributed by atoms with E-state index < -0.39 is 0 Å². The summed E-state index contributed by atoms with van der Waals surface area (Å²) < 4.78 is 5.42. The molecule has 1 N–H and O–H groups in total. The van der Waals surface area contributed by atoms with Gasteiger partial charge in [0.15, 0.2) is 0 Å². The zero-order valence-electron chi connectivity index (χ0n) is 12.8. The summed E-state index contributed by atoms with van der Waals surface area (Å²) >= 11 is 0. The van der Waals surface area contributed by atoms with Crippen molar-refractivity contribution < 1.29 is 14.3 Å². The number of nitrogens with one attached hydrogen (secondary N) is 1. The fourth-order valence-electron chi connectivity index (χ4n) is 2.66. The van der Waals surface area contributed by atoms with E-state index in [4.69, 9.17) is 4.74 Å². The summed E-state index contributed by atoms with van der Waals surface area (Å²) in [5, 5.41) is 3.03. The van der Waals surface area contributed by atoms with E-state index in [0.717, 1.165) is 6.42 Å². The molecule has 1 fully saturated rings. The molecule has 114 valence electrons. The van der Waals surface area contributed by atoms with Crippen LogP contribution in [-0.2, 0) is 9.53 Å². The lowest BCUT2D eigenvalue weighted by atomic mass is 9.95. The van der Waals surface area contributed by atoms with E-state index in [9.17, 15) is 9.59 Å². The minimum Gasteiger partial charge on any atom is -0.460 e. The van der Waals surface area contributed by atoms with Crippen molar-refractivity contribution in [1.82, 2.24) is 5.32 Å². The molecule has 0 radical (unpaired) electrons. The number of esters is 1. The maximum Gasteiger partial charge on any atom is 0.309 e. The quantitative estimate of drug-likeness (QED) is 0.848. The molecule has 1 aromatic carbocycles. The summed E-state index contributed by atoms with van der Waals surface area (Å²) in [5.41, 5.74) is 0.628. The predicted molar refractivity (Wildman–Crippen MR) is 80.8 cm³/mol. The number of benzene rings is 1. The second-order valence-corrected chi connectivity index (χ2v) is 6.19. The van der Waals surface area contributed by atoms with Gasteiger partial charge in [0.05, 0.1) is 12.0 Å². The normalized spacial score (nSPS) is 23.0. The van der Waals surface area contributed by atoms with Gasteiger partial charge in [-0.1, -0.05) is 39.0 Å². The van der Waals surface area contributed by atoms with Crippen LogP contribution in [0, 0.1) is 11.8 Å². The van der Waals surface area contributed by atoms with Gasteiger partial charge in [-0.3, -0.25) is 9.59 Å². The van der Waals surface area contributed by atoms with Crippen LogP contribution in [0.4, 0.5) is 0 Å². The van der Waals surface area contributed by atoms with E-state index in [1.807, 2.05) is 25.1 Å². The summed E-state index contributed by atoms with van der Waals surface area (Å²) in [6.07, 6.45) is 1.25. The van der Waals surface area contributed by atoms with Crippen LogP contribution in [0.5, 0.6) is 0 Å². The van der Waals surface area contributed by atoms with E-state index in [-0.39, 0.29) is 29.9 Å². The van der Waals surface area contributed by atoms with E-state index >= 15 is 0 Å².